The zero-order valence-electron chi connectivity index (χ0n) is 9.10. The molecule has 5 heteroatoms. The van der Waals surface area contributed by atoms with E-state index in [-0.39, 0.29) is 11.8 Å². The van der Waals surface area contributed by atoms with Gasteiger partial charge in [-0.25, -0.2) is 0 Å². The summed E-state index contributed by atoms with van der Waals surface area (Å²) in [6.45, 7) is 3.21. The van der Waals surface area contributed by atoms with Crippen molar-refractivity contribution in [2.24, 2.45) is 18.7 Å². The molecule has 1 atom stereocenters. The number of aromatic nitrogens is 2. The second-order valence-corrected chi connectivity index (χ2v) is 4.08. The smallest absolute Gasteiger partial charge is 0.228 e. The Morgan fingerprint density at radius 1 is 1.67 bits per heavy atom. The summed E-state index contributed by atoms with van der Waals surface area (Å²) in [5.41, 5.74) is 6.51. The van der Waals surface area contributed by atoms with Crippen LogP contribution < -0.4 is 10.6 Å². The molecule has 1 saturated heterocycles. The molecule has 1 aromatic rings. The molecule has 5 nitrogen and oxygen atoms in total. The van der Waals surface area contributed by atoms with Crippen LogP contribution in [0.2, 0.25) is 0 Å². The summed E-state index contributed by atoms with van der Waals surface area (Å²) in [6, 6.07) is 1.93. The minimum atomic E-state index is 0.147. The Kier molecular flexibility index (Phi) is 2.48. The van der Waals surface area contributed by atoms with Gasteiger partial charge in [0, 0.05) is 26.1 Å². The third kappa shape index (κ3) is 1.74. The Hall–Kier alpha value is -1.36. The molecule has 0 bridgehead atoms. The second kappa shape index (κ2) is 3.66. The van der Waals surface area contributed by atoms with Gasteiger partial charge in [0.25, 0.3) is 0 Å². The molecule has 0 aromatic carbocycles. The second-order valence-electron chi connectivity index (χ2n) is 4.08. The molecule has 1 aliphatic rings. The van der Waals surface area contributed by atoms with E-state index in [1.165, 1.54) is 0 Å². The van der Waals surface area contributed by atoms with Crippen molar-refractivity contribution in [1.82, 2.24) is 9.78 Å². The van der Waals surface area contributed by atoms with E-state index in [0.29, 0.717) is 19.5 Å². The maximum absolute atomic E-state index is 11.7. The van der Waals surface area contributed by atoms with E-state index >= 15 is 0 Å². The van der Waals surface area contributed by atoms with E-state index in [1.807, 2.05) is 20.0 Å². The highest BCUT2D eigenvalue weighted by atomic mass is 16.2. The lowest BCUT2D eigenvalue weighted by molar-refractivity contribution is -0.117. The Labute approximate surface area is 88.8 Å². The van der Waals surface area contributed by atoms with Crippen LogP contribution in [0.25, 0.3) is 0 Å². The van der Waals surface area contributed by atoms with Crippen molar-refractivity contribution in [3.63, 3.8) is 0 Å². The number of carbonyl (C=O) groups is 1. The molecule has 0 spiro atoms. The van der Waals surface area contributed by atoms with Gasteiger partial charge in [-0.15, -0.1) is 0 Å². The standard InChI is InChI=1S/C10H16N4O/c1-7-3-9(13(2)12-7)14-6-8(5-11)4-10(14)15/h3,8H,4-6,11H2,1-2H3. The van der Waals surface area contributed by atoms with Crippen molar-refractivity contribution < 1.29 is 4.79 Å². The number of hydrogen-bond acceptors (Lipinski definition) is 3. The molecule has 1 amide bonds. The lowest BCUT2D eigenvalue weighted by Gasteiger charge is -2.15. The van der Waals surface area contributed by atoms with Crippen LogP contribution in [-0.4, -0.2) is 28.8 Å². The fraction of sp³-hybridized carbons (Fsp3) is 0.600. The molecule has 82 valence electrons. The summed E-state index contributed by atoms with van der Waals surface area (Å²) in [4.78, 5) is 13.5. The maximum atomic E-state index is 11.7. The number of aryl methyl sites for hydroxylation is 2. The average molecular weight is 208 g/mol. The highest BCUT2D eigenvalue weighted by molar-refractivity contribution is 5.95. The topological polar surface area (TPSA) is 64.2 Å². The Balaban J connectivity index is 2.25. The molecular weight excluding hydrogens is 192 g/mol. The van der Waals surface area contributed by atoms with Gasteiger partial charge < -0.3 is 5.73 Å². The molecule has 0 aliphatic carbocycles. The highest BCUT2D eigenvalue weighted by Gasteiger charge is 2.31. The lowest BCUT2D eigenvalue weighted by atomic mass is 10.1. The third-order valence-electron chi connectivity index (χ3n) is 2.79. The van der Waals surface area contributed by atoms with Crippen molar-refractivity contribution in [3.8, 4) is 0 Å². The van der Waals surface area contributed by atoms with Crippen molar-refractivity contribution in [3.05, 3.63) is 11.8 Å². The number of nitrogens with two attached hydrogens (primary N) is 1. The van der Waals surface area contributed by atoms with E-state index in [4.69, 9.17) is 5.73 Å². The minimum absolute atomic E-state index is 0.147. The molecular formula is C10H16N4O. The average Bonchev–Trinajstić information content (AvgIpc) is 2.69. The third-order valence-corrected chi connectivity index (χ3v) is 2.79. The van der Waals surface area contributed by atoms with Gasteiger partial charge in [-0.3, -0.25) is 14.4 Å². The van der Waals surface area contributed by atoms with Gasteiger partial charge >= 0.3 is 0 Å². The largest absolute Gasteiger partial charge is 0.330 e. The van der Waals surface area contributed by atoms with Gasteiger partial charge in [-0.2, -0.15) is 5.10 Å². The molecule has 0 saturated carbocycles. The zero-order chi connectivity index (χ0) is 11.0. The first kappa shape index (κ1) is 10.2. The maximum Gasteiger partial charge on any atom is 0.228 e. The quantitative estimate of drug-likeness (QED) is 0.746. The number of hydrogen-bond donors (Lipinski definition) is 1. The van der Waals surface area contributed by atoms with Crippen LogP contribution in [0, 0.1) is 12.8 Å². The zero-order valence-corrected chi connectivity index (χ0v) is 9.10. The van der Waals surface area contributed by atoms with Crippen molar-refractivity contribution in [1.29, 1.82) is 0 Å². The summed E-state index contributed by atoms with van der Waals surface area (Å²) in [5.74, 6) is 1.30. The van der Waals surface area contributed by atoms with E-state index in [0.717, 1.165) is 11.5 Å². The number of carbonyl (C=O) groups excluding carboxylic acids is 1. The van der Waals surface area contributed by atoms with E-state index in [2.05, 4.69) is 5.10 Å². The normalized spacial score (nSPS) is 21.4. The Morgan fingerprint density at radius 3 is 2.87 bits per heavy atom. The predicted molar refractivity (Wildman–Crippen MR) is 57.5 cm³/mol. The van der Waals surface area contributed by atoms with Crippen molar-refractivity contribution >= 4 is 11.7 Å². The van der Waals surface area contributed by atoms with Crippen molar-refractivity contribution in [2.75, 3.05) is 18.0 Å². The summed E-state index contributed by atoms with van der Waals surface area (Å²) in [5, 5.41) is 4.23. The molecule has 2 N–H and O–H groups in total. The molecule has 0 radical (unpaired) electrons. The number of rotatable bonds is 2. The van der Waals surface area contributed by atoms with Gasteiger partial charge in [-0.05, 0) is 19.4 Å². The monoisotopic (exact) mass is 208 g/mol. The number of nitrogens with zero attached hydrogens (tertiary/aromatic N) is 3. The number of amides is 1. The Bertz CT molecular complexity index is 385. The van der Waals surface area contributed by atoms with E-state index in [1.54, 1.807) is 9.58 Å². The molecule has 1 aliphatic heterocycles. The first-order valence-corrected chi connectivity index (χ1v) is 5.13. The molecule has 1 aromatic heterocycles. The van der Waals surface area contributed by atoms with Gasteiger partial charge in [-0.1, -0.05) is 0 Å². The summed E-state index contributed by atoms with van der Waals surface area (Å²) in [6.07, 6.45) is 0.556. The van der Waals surface area contributed by atoms with Gasteiger partial charge in [0.15, 0.2) is 0 Å². The summed E-state index contributed by atoms with van der Waals surface area (Å²) in [7, 11) is 1.85. The fourth-order valence-electron chi connectivity index (χ4n) is 2.01. The first-order chi connectivity index (χ1) is 7.11. The molecule has 2 rings (SSSR count). The number of anilines is 1. The summed E-state index contributed by atoms with van der Waals surface area (Å²) < 4.78 is 1.74. The van der Waals surface area contributed by atoms with E-state index < -0.39 is 0 Å². The van der Waals surface area contributed by atoms with Crippen LogP contribution in [0.5, 0.6) is 0 Å². The molecule has 1 unspecified atom stereocenters. The van der Waals surface area contributed by atoms with E-state index in [9.17, 15) is 4.79 Å². The summed E-state index contributed by atoms with van der Waals surface area (Å²) >= 11 is 0. The van der Waals surface area contributed by atoms with Crippen LogP contribution >= 0.6 is 0 Å². The van der Waals surface area contributed by atoms with Crippen LogP contribution in [0.15, 0.2) is 6.07 Å². The van der Waals surface area contributed by atoms with Crippen molar-refractivity contribution in [2.45, 2.75) is 13.3 Å². The minimum Gasteiger partial charge on any atom is -0.330 e. The SMILES string of the molecule is Cc1cc(N2CC(CN)CC2=O)n(C)n1. The Morgan fingerprint density at radius 2 is 2.40 bits per heavy atom. The highest BCUT2D eigenvalue weighted by Crippen LogP contribution is 2.24. The van der Waals surface area contributed by atoms with Gasteiger partial charge in [0.2, 0.25) is 5.91 Å². The van der Waals surface area contributed by atoms with Crippen LogP contribution in [0.4, 0.5) is 5.82 Å². The van der Waals surface area contributed by atoms with Crippen LogP contribution in [0.1, 0.15) is 12.1 Å². The molecule has 15 heavy (non-hydrogen) atoms. The molecule has 2 heterocycles. The van der Waals surface area contributed by atoms with Gasteiger partial charge in [0.1, 0.15) is 5.82 Å². The molecule has 1 fully saturated rings. The van der Waals surface area contributed by atoms with Gasteiger partial charge in [0.05, 0.1) is 5.69 Å². The lowest BCUT2D eigenvalue weighted by Crippen LogP contribution is -2.27. The first-order valence-electron chi connectivity index (χ1n) is 5.13. The van der Waals surface area contributed by atoms with Crippen LogP contribution in [-0.2, 0) is 11.8 Å². The predicted octanol–water partition coefficient (Wildman–Crippen LogP) is 0.0401. The fourth-order valence-corrected chi connectivity index (χ4v) is 2.01. The van der Waals surface area contributed by atoms with Crippen LogP contribution in [0.3, 0.4) is 0 Å².